The monoisotopic (exact) mass is 309 g/mol. The first-order valence-electron chi connectivity index (χ1n) is 7.08. The Kier molecular flexibility index (Phi) is 3.97. The summed E-state index contributed by atoms with van der Waals surface area (Å²) >= 11 is 6.03. The van der Waals surface area contributed by atoms with E-state index in [2.05, 4.69) is 11.6 Å². The molecule has 1 N–H and O–H groups in total. The number of aliphatic hydroxyl groups is 1. The molecule has 110 valence electrons. The Bertz CT molecular complexity index is 855. The molecule has 1 atom stereocenters. The van der Waals surface area contributed by atoms with Gasteiger partial charge in [0.15, 0.2) is 0 Å². The summed E-state index contributed by atoms with van der Waals surface area (Å²) in [6.07, 6.45) is -0.504. The van der Waals surface area contributed by atoms with Gasteiger partial charge in [0.2, 0.25) is 0 Å². The minimum atomic E-state index is -0.504. The second kappa shape index (κ2) is 5.91. The summed E-state index contributed by atoms with van der Waals surface area (Å²) in [4.78, 5) is 4.64. The van der Waals surface area contributed by atoms with E-state index in [0.29, 0.717) is 5.02 Å². The molecule has 1 heterocycles. The fourth-order valence-corrected chi connectivity index (χ4v) is 2.56. The maximum Gasteiger partial charge on any atom is 0.0762 e. The number of halogens is 1. The first kappa shape index (κ1) is 14.8. The molecule has 0 aliphatic heterocycles. The number of benzene rings is 2. The summed E-state index contributed by atoms with van der Waals surface area (Å²) in [5.74, 6) is 0. The molecule has 1 aromatic heterocycles. The molecule has 2 aromatic carbocycles. The van der Waals surface area contributed by atoms with Crippen LogP contribution in [0.3, 0.4) is 0 Å². The predicted molar refractivity (Wildman–Crippen MR) is 92.0 cm³/mol. The van der Waals surface area contributed by atoms with Crippen LogP contribution in [0.4, 0.5) is 0 Å². The average Bonchev–Trinajstić information content (AvgIpc) is 2.53. The second-order valence-electron chi connectivity index (χ2n) is 5.31. The van der Waals surface area contributed by atoms with Crippen molar-refractivity contribution >= 4 is 28.1 Å². The molecule has 0 aliphatic rings. The van der Waals surface area contributed by atoms with Gasteiger partial charge in [0.1, 0.15) is 0 Å². The van der Waals surface area contributed by atoms with Crippen LogP contribution in [0.5, 0.6) is 0 Å². The van der Waals surface area contributed by atoms with E-state index in [1.165, 1.54) is 0 Å². The third-order valence-electron chi connectivity index (χ3n) is 3.68. The summed E-state index contributed by atoms with van der Waals surface area (Å²) in [5.41, 5.74) is 4.29. The van der Waals surface area contributed by atoms with Gasteiger partial charge in [0.05, 0.1) is 17.3 Å². The molecule has 0 saturated heterocycles. The van der Waals surface area contributed by atoms with Gasteiger partial charge >= 0.3 is 0 Å². The zero-order valence-corrected chi connectivity index (χ0v) is 13.0. The lowest BCUT2D eigenvalue weighted by atomic mass is 9.99. The van der Waals surface area contributed by atoms with Crippen LogP contribution in [-0.4, -0.2) is 10.1 Å². The summed E-state index contributed by atoms with van der Waals surface area (Å²) < 4.78 is 0. The van der Waals surface area contributed by atoms with Crippen molar-refractivity contribution in [3.63, 3.8) is 0 Å². The van der Waals surface area contributed by atoms with E-state index in [4.69, 9.17) is 11.6 Å². The van der Waals surface area contributed by atoms with E-state index >= 15 is 0 Å². The van der Waals surface area contributed by atoms with E-state index in [-0.39, 0.29) is 0 Å². The molecule has 0 fully saturated rings. The van der Waals surface area contributed by atoms with Crippen molar-refractivity contribution in [2.24, 2.45) is 0 Å². The highest BCUT2D eigenvalue weighted by molar-refractivity contribution is 6.31. The fourth-order valence-electron chi connectivity index (χ4n) is 2.39. The molecule has 0 aliphatic carbocycles. The van der Waals surface area contributed by atoms with Gasteiger partial charge in [-0.3, -0.25) is 0 Å². The van der Waals surface area contributed by atoms with Gasteiger partial charge in [-0.25, -0.2) is 4.98 Å². The SMILES string of the molecule is C=C(c1cccc(C(C)O)c1)c1ccc2ccc(Cl)cc2n1. The number of fused-ring (bicyclic) bond motifs is 1. The number of hydrogen-bond donors (Lipinski definition) is 1. The molecule has 2 nitrogen and oxygen atoms in total. The first-order chi connectivity index (χ1) is 10.5. The first-order valence-corrected chi connectivity index (χ1v) is 7.46. The minimum absolute atomic E-state index is 0.504. The Balaban J connectivity index is 2.03. The Labute approximate surface area is 134 Å². The van der Waals surface area contributed by atoms with Gasteiger partial charge < -0.3 is 5.11 Å². The van der Waals surface area contributed by atoms with E-state index < -0.39 is 6.10 Å². The lowest BCUT2D eigenvalue weighted by Crippen LogP contribution is -1.95. The second-order valence-corrected chi connectivity index (χ2v) is 5.75. The van der Waals surface area contributed by atoms with Crippen LogP contribution in [0.25, 0.3) is 16.5 Å². The molecule has 3 aromatic rings. The van der Waals surface area contributed by atoms with Crippen LogP contribution in [0.1, 0.15) is 29.8 Å². The summed E-state index contributed by atoms with van der Waals surface area (Å²) in [6.45, 7) is 5.90. The molecule has 0 radical (unpaired) electrons. The highest BCUT2D eigenvalue weighted by atomic mass is 35.5. The van der Waals surface area contributed by atoms with E-state index in [1.54, 1.807) is 6.92 Å². The number of aliphatic hydroxyl groups excluding tert-OH is 1. The summed E-state index contributed by atoms with van der Waals surface area (Å²) in [6, 6.07) is 17.3. The van der Waals surface area contributed by atoms with Crippen LogP contribution in [-0.2, 0) is 0 Å². The Morgan fingerprint density at radius 3 is 2.68 bits per heavy atom. The predicted octanol–water partition coefficient (Wildman–Crippen LogP) is 5.00. The smallest absolute Gasteiger partial charge is 0.0762 e. The maximum atomic E-state index is 9.71. The highest BCUT2D eigenvalue weighted by Crippen LogP contribution is 2.25. The molecular formula is C19H16ClNO. The number of hydrogen-bond acceptors (Lipinski definition) is 2. The van der Waals surface area contributed by atoms with Crippen molar-refractivity contribution in [3.8, 4) is 0 Å². The normalized spacial score (nSPS) is 12.3. The zero-order valence-electron chi connectivity index (χ0n) is 12.3. The molecule has 22 heavy (non-hydrogen) atoms. The highest BCUT2D eigenvalue weighted by Gasteiger charge is 2.08. The van der Waals surface area contributed by atoms with Crippen LogP contribution in [0.15, 0.2) is 61.2 Å². The molecular weight excluding hydrogens is 294 g/mol. The fraction of sp³-hybridized carbons (Fsp3) is 0.105. The Morgan fingerprint density at radius 2 is 1.91 bits per heavy atom. The molecule has 3 heteroatoms. The van der Waals surface area contributed by atoms with Gasteiger partial charge in [-0.15, -0.1) is 0 Å². The lowest BCUT2D eigenvalue weighted by Gasteiger charge is -2.10. The van der Waals surface area contributed by atoms with Gasteiger partial charge in [0.25, 0.3) is 0 Å². The van der Waals surface area contributed by atoms with Crippen molar-refractivity contribution < 1.29 is 5.11 Å². The van der Waals surface area contributed by atoms with Gasteiger partial charge in [-0.1, -0.05) is 48.5 Å². The number of rotatable bonds is 3. The molecule has 0 bridgehead atoms. The van der Waals surface area contributed by atoms with Crippen molar-refractivity contribution in [2.75, 3.05) is 0 Å². The minimum Gasteiger partial charge on any atom is -0.389 e. The van der Waals surface area contributed by atoms with Crippen LogP contribution >= 0.6 is 11.6 Å². The lowest BCUT2D eigenvalue weighted by molar-refractivity contribution is 0.199. The van der Waals surface area contributed by atoms with Crippen molar-refractivity contribution in [1.29, 1.82) is 0 Å². The van der Waals surface area contributed by atoms with E-state index in [0.717, 1.165) is 33.3 Å². The standard InChI is InChI=1S/C19H16ClNO/c1-12(15-4-3-5-16(10-15)13(2)22)18-9-7-14-6-8-17(20)11-19(14)21-18/h3-11,13,22H,1H2,2H3. The molecule has 0 amide bonds. The van der Waals surface area contributed by atoms with Gasteiger partial charge in [-0.05, 0) is 42.3 Å². The van der Waals surface area contributed by atoms with Crippen molar-refractivity contribution in [1.82, 2.24) is 4.98 Å². The van der Waals surface area contributed by atoms with Crippen LogP contribution in [0.2, 0.25) is 5.02 Å². The maximum absolute atomic E-state index is 9.71. The van der Waals surface area contributed by atoms with Gasteiger partial charge in [0, 0.05) is 16.0 Å². The number of aromatic nitrogens is 1. The third-order valence-corrected chi connectivity index (χ3v) is 3.92. The largest absolute Gasteiger partial charge is 0.389 e. The van der Waals surface area contributed by atoms with Crippen molar-refractivity contribution in [3.05, 3.63) is 83.0 Å². The average molecular weight is 310 g/mol. The zero-order chi connectivity index (χ0) is 15.7. The van der Waals surface area contributed by atoms with Crippen LogP contribution < -0.4 is 0 Å². The van der Waals surface area contributed by atoms with E-state index in [9.17, 15) is 5.11 Å². The molecule has 0 saturated carbocycles. The summed E-state index contributed by atoms with van der Waals surface area (Å²) in [7, 11) is 0. The Morgan fingerprint density at radius 1 is 1.14 bits per heavy atom. The van der Waals surface area contributed by atoms with Gasteiger partial charge in [-0.2, -0.15) is 0 Å². The number of nitrogens with zero attached hydrogens (tertiary/aromatic N) is 1. The third kappa shape index (κ3) is 2.89. The topological polar surface area (TPSA) is 33.1 Å². The molecule has 0 spiro atoms. The Hall–Kier alpha value is -2.16. The van der Waals surface area contributed by atoms with E-state index in [1.807, 2.05) is 54.6 Å². The van der Waals surface area contributed by atoms with Crippen molar-refractivity contribution in [2.45, 2.75) is 13.0 Å². The van der Waals surface area contributed by atoms with Crippen LogP contribution in [0, 0.1) is 0 Å². The quantitative estimate of drug-likeness (QED) is 0.738. The number of pyridine rings is 1. The molecule has 3 rings (SSSR count). The summed E-state index contributed by atoms with van der Waals surface area (Å²) in [5, 5.41) is 11.4. The molecule has 1 unspecified atom stereocenters.